The van der Waals surface area contributed by atoms with Crippen LogP contribution in [0.3, 0.4) is 0 Å². The first-order valence-corrected chi connectivity index (χ1v) is 7.11. The second kappa shape index (κ2) is 7.22. The van der Waals surface area contributed by atoms with E-state index in [1.165, 1.54) is 16.3 Å². The lowest BCUT2D eigenvalue weighted by atomic mass is 10.0. The first-order chi connectivity index (χ1) is 9.70. The standard InChI is InChI=1S/C16H20N2OS/c1-12(11-19-2)18-16(20)17-10-14-8-5-7-13-6-3-4-9-15(13)14/h3-9,12H,10-11H2,1-2H3,(H2,17,18,20). The number of thiocarbonyl (C=S) groups is 1. The Morgan fingerprint density at radius 1 is 1.20 bits per heavy atom. The Morgan fingerprint density at radius 3 is 2.75 bits per heavy atom. The molecule has 3 nitrogen and oxygen atoms in total. The van der Waals surface area contributed by atoms with Gasteiger partial charge < -0.3 is 15.4 Å². The summed E-state index contributed by atoms with van der Waals surface area (Å²) in [6, 6.07) is 14.9. The third-order valence-electron chi connectivity index (χ3n) is 3.11. The van der Waals surface area contributed by atoms with E-state index in [0.717, 1.165) is 0 Å². The topological polar surface area (TPSA) is 33.3 Å². The SMILES string of the molecule is COCC(C)NC(=S)NCc1cccc2ccccc12. The zero-order valence-corrected chi connectivity index (χ0v) is 12.7. The number of fused-ring (bicyclic) bond motifs is 1. The minimum atomic E-state index is 0.201. The van der Waals surface area contributed by atoms with Crippen molar-refractivity contribution in [3.05, 3.63) is 48.0 Å². The van der Waals surface area contributed by atoms with Gasteiger partial charge in [-0.2, -0.15) is 0 Å². The van der Waals surface area contributed by atoms with Gasteiger partial charge in [-0.15, -0.1) is 0 Å². The summed E-state index contributed by atoms with van der Waals surface area (Å²) in [7, 11) is 1.69. The maximum absolute atomic E-state index is 5.29. The van der Waals surface area contributed by atoms with E-state index in [4.69, 9.17) is 17.0 Å². The summed E-state index contributed by atoms with van der Waals surface area (Å²) in [5.74, 6) is 0. The fourth-order valence-corrected chi connectivity index (χ4v) is 2.46. The first-order valence-electron chi connectivity index (χ1n) is 6.70. The molecule has 106 valence electrons. The molecule has 0 amide bonds. The van der Waals surface area contributed by atoms with Crippen molar-refractivity contribution in [3.63, 3.8) is 0 Å². The summed E-state index contributed by atoms with van der Waals surface area (Å²) in [5.41, 5.74) is 1.24. The van der Waals surface area contributed by atoms with Gasteiger partial charge in [0.2, 0.25) is 0 Å². The molecule has 4 heteroatoms. The van der Waals surface area contributed by atoms with Crippen LogP contribution in [0.4, 0.5) is 0 Å². The molecule has 0 spiro atoms. The maximum atomic E-state index is 5.29. The fraction of sp³-hybridized carbons (Fsp3) is 0.312. The molecule has 20 heavy (non-hydrogen) atoms. The van der Waals surface area contributed by atoms with Crippen LogP contribution in [0.1, 0.15) is 12.5 Å². The summed E-state index contributed by atoms with van der Waals surface area (Å²) in [4.78, 5) is 0. The van der Waals surface area contributed by atoms with E-state index in [-0.39, 0.29) is 6.04 Å². The molecule has 0 saturated carbocycles. The summed E-state index contributed by atoms with van der Waals surface area (Å²) < 4.78 is 5.08. The van der Waals surface area contributed by atoms with E-state index in [0.29, 0.717) is 18.3 Å². The third kappa shape index (κ3) is 3.92. The van der Waals surface area contributed by atoms with Crippen LogP contribution in [0.15, 0.2) is 42.5 Å². The van der Waals surface area contributed by atoms with Crippen molar-refractivity contribution in [1.82, 2.24) is 10.6 Å². The lowest BCUT2D eigenvalue weighted by Crippen LogP contribution is -2.42. The molecule has 0 bridgehead atoms. The van der Waals surface area contributed by atoms with E-state index < -0.39 is 0 Å². The second-order valence-electron chi connectivity index (χ2n) is 4.82. The van der Waals surface area contributed by atoms with Crippen LogP contribution in [0.2, 0.25) is 0 Å². The lowest BCUT2D eigenvalue weighted by Gasteiger charge is -2.16. The van der Waals surface area contributed by atoms with Gasteiger partial charge in [-0.25, -0.2) is 0 Å². The largest absolute Gasteiger partial charge is 0.383 e. The Labute approximate surface area is 125 Å². The highest BCUT2D eigenvalue weighted by Crippen LogP contribution is 2.18. The van der Waals surface area contributed by atoms with Crippen molar-refractivity contribution in [2.24, 2.45) is 0 Å². The van der Waals surface area contributed by atoms with Gasteiger partial charge in [-0.05, 0) is 35.5 Å². The lowest BCUT2D eigenvalue weighted by molar-refractivity contribution is 0.179. The Hall–Kier alpha value is -1.65. The van der Waals surface area contributed by atoms with Gasteiger partial charge in [0.25, 0.3) is 0 Å². The van der Waals surface area contributed by atoms with Crippen molar-refractivity contribution < 1.29 is 4.74 Å². The maximum Gasteiger partial charge on any atom is 0.166 e. The Kier molecular flexibility index (Phi) is 5.32. The van der Waals surface area contributed by atoms with Gasteiger partial charge >= 0.3 is 0 Å². The van der Waals surface area contributed by atoms with Crippen molar-refractivity contribution in [2.45, 2.75) is 19.5 Å². The Balaban J connectivity index is 1.97. The molecule has 2 aromatic rings. The minimum Gasteiger partial charge on any atom is -0.383 e. The highest BCUT2D eigenvalue weighted by molar-refractivity contribution is 7.80. The minimum absolute atomic E-state index is 0.201. The molecule has 0 aromatic heterocycles. The van der Waals surface area contributed by atoms with Crippen LogP contribution >= 0.6 is 12.2 Å². The van der Waals surface area contributed by atoms with Gasteiger partial charge in [0.1, 0.15) is 0 Å². The molecule has 1 atom stereocenters. The second-order valence-corrected chi connectivity index (χ2v) is 5.23. The van der Waals surface area contributed by atoms with Crippen LogP contribution in [0.25, 0.3) is 10.8 Å². The number of ether oxygens (including phenoxy) is 1. The number of hydrogen-bond donors (Lipinski definition) is 2. The highest BCUT2D eigenvalue weighted by Gasteiger charge is 2.04. The number of hydrogen-bond acceptors (Lipinski definition) is 2. The number of benzene rings is 2. The third-order valence-corrected chi connectivity index (χ3v) is 3.38. The molecule has 0 aliphatic heterocycles. The zero-order chi connectivity index (χ0) is 14.4. The predicted molar refractivity (Wildman–Crippen MR) is 87.9 cm³/mol. The molecule has 2 N–H and O–H groups in total. The van der Waals surface area contributed by atoms with E-state index in [2.05, 4.69) is 53.1 Å². The molecule has 0 saturated heterocycles. The predicted octanol–water partition coefficient (Wildman–Crippen LogP) is 2.84. The van der Waals surface area contributed by atoms with Crippen molar-refractivity contribution in [3.8, 4) is 0 Å². The number of rotatable bonds is 5. The summed E-state index contributed by atoms with van der Waals surface area (Å²) >= 11 is 5.29. The van der Waals surface area contributed by atoms with Crippen LogP contribution < -0.4 is 10.6 Å². The molecule has 1 unspecified atom stereocenters. The number of nitrogens with one attached hydrogen (secondary N) is 2. The monoisotopic (exact) mass is 288 g/mol. The number of methoxy groups -OCH3 is 1. The molecule has 2 aromatic carbocycles. The molecule has 0 radical (unpaired) electrons. The van der Waals surface area contributed by atoms with Gasteiger partial charge in [-0.3, -0.25) is 0 Å². The van der Waals surface area contributed by atoms with E-state index >= 15 is 0 Å². The van der Waals surface area contributed by atoms with Crippen LogP contribution in [-0.4, -0.2) is 24.9 Å². The molecule has 0 fully saturated rings. The molecular formula is C16H20N2OS. The van der Waals surface area contributed by atoms with Crippen LogP contribution in [0.5, 0.6) is 0 Å². The van der Waals surface area contributed by atoms with E-state index in [9.17, 15) is 0 Å². The highest BCUT2D eigenvalue weighted by atomic mass is 32.1. The zero-order valence-electron chi connectivity index (χ0n) is 11.8. The van der Waals surface area contributed by atoms with Gasteiger partial charge in [0.05, 0.1) is 6.61 Å². The van der Waals surface area contributed by atoms with Gasteiger partial charge in [0, 0.05) is 19.7 Å². The molecule has 2 rings (SSSR count). The Bertz CT molecular complexity index is 580. The molecule has 0 aliphatic rings. The van der Waals surface area contributed by atoms with Crippen molar-refractivity contribution in [2.75, 3.05) is 13.7 Å². The van der Waals surface area contributed by atoms with Crippen molar-refractivity contribution >= 4 is 28.1 Å². The van der Waals surface area contributed by atoms with E-state index in [1.807, 2.05) is 6.92 Å². The van der Waals surface area contributed by atoms with Crippen molar-refractivity contribution in [1.29, 1.82) is 0 Å². The Morgan fingerprint density at radius 2 is 1.95 bits per heavy atom. The quantitative estimate of drug-likeness (QED) is 0.829. The summed E-state index contributed by atoms with van der Waals surface area (Å²) in [5, 5.41) is 9.60. The summed E-state index contributed by atoms with van der Waals surface area (Å²) in [6.45, 7) is 3.39. The van der Waals surface area contributed by atoms with Crippen LogP contribution in [-0.2, 0) is 11.3 Å². The molecule has 0 aliphatic carbocycles. The molecular weight excluding hydrogens is 268 g/mol. The van der Waals surface area contributed by atoms with Crippen LogP contribution in [0, 0.1) is 0 Å². The fourth-order valence-electron chi connectivity index (χ4n) is 2.19. The average molecular weight is 288 g/mol. The normalized spacial score (nSPS) is 12.1. The van der Waals surface area contributed by atoms with Gasteiger partial charge in [0.15, 0.2) is 5.11 Å². The summed E-state index contributed by atoms with van der Waals surface area (Å²) in [6.07, 6.45) is 0. The average Bonchev–Trinajstić information content (AvgIpc) is 2.45. The smallest absolute Gasteiger partial charge is 0.166 e. The first kappa shape index (κ1) is 14.8. The van der Waals surface area contributed by atoms with Gasteiger partial charge in [-0.1, -0.05) is 42.5 Å². The van der Waals surface area contributed by atoms with E-state index in [1.54, 1.807) is 7.11 Å². The molecule has 0 heterocycles.